The number of likely N-dealkylation sites (tertiary alicyclic amines) is 1. The minimum Gasteiger partial charge on any atom is -0.494 e. The Bertz CT molecular complexity index is 615. The Hall–Kier alpha value is -2.03. The summed E-state index contributed by atoms with van der Waals surface area (Å²) in [4.78, 5) is 17.9. The highest BCUT2D eigenvalue weighted by atomic mass is 19.4. The summed E-state index contributed by atoms with van der Waals surface area (Å²) in [7, 11) is 1.24. The molecule has 0 bridgehead atoms. The number of ether oxygens (including phenoxy) is 1. The van der Waals surface area contributed by atoms with Crippen LogP contribution in [0, 0.1) is 5.92 Å². The van der Waals surface area contributed by atoms with Gasteiger partial charge in [0.1, 0.15) is 17.1 Å². The first kappa shape index (κ1) is 20.3. The number of aromatic nitrogens is 1. The molecule has 2 N–H and O–H groups in total. The average molecular weight is 374 g/mol. The molecule has 9 heteroatoms. The maximum atomic E-state index is 12.7. The number of urea groups is 1. The number of anilines is 1. The molecule has 1 aromatic rings. The average Bonchev–Trinajstić information content (AvgIpc) is 2.55. The van der Waals surface area contributed by atoms with Gasteiger partial charge in [-0.2, -0.15) is 13.2 Å². The molecule has 1 aliphatic rings. The van der Waals surface area contributed by atoms with Gasteiger partial charge in [0.25, 0.3) is 0 Å². The largest absolute Gasteiger partial charge is 0.494 e. The lowest BCUT2D eigenvalue weighted by atomic mass is 10.0. The Labute approximate surface area is 151 Å². The van der Waals surface area contributed by atoms with Crippen molar-refractivity contribution >= 4 is 11.7 Å². The van der Waals surface area contributed by atoms with E-state index in [1.807, 2.05) is 0 Å². The summed E-state index contributed by atoms with van der Waals surface area (Å²) in [6.45, 7) is 7.20. The number of nitrogens with one attached hydrogen (secondary N) is 2. The van der Waals surface area contributed by atoms with E-state index in [1.165, 1.54) is 7.11 Å². The first-order valence-corrected chi connectivity index (χ1v) is 8.60. The normalized spacial score (nSPS) is 16.6. The summed E-state index contributed by atoms with van der Waals surface area (Å²) >= 11 is 0. The number of pyridine rings is 1. The summed E-state index contributed by atoms with van der Waals surface area (Å²) in [5, 5.41) is 5.37. The van der Waals surface area contributed by atoms with Crippen molar-refractivity contribution in [3.63, 3.8) is 0 Å². The van der Waals surface area contributed by atoms with E-state index in [4.69, 9.17) is 4.74 Å². The van der Waals surface area contributed by atoms with Crippen LogP contribution in [0.15, 0.2) is 12.3 Å². The minimum atomic E-state index is -4.57. The number of amides is 2. The number of rotatable bonds is 5. The van der Waals surface area contributed by atoms with Gasteiger partial charge in [-0.05, 0) is 18.8 Å². The Balaban J connectivity index is 1.90. The molecular formula is C17H25F3N4O2. The van der Waals surface area contributed by atoms with Crippen LogP contribution in [0.4, 0.5) is 23.7 Å². The van der Waals surface area contributed by atoms with E-state index in [2.05, 4.69) is 34.4 Å². The van der Waals surface area contributed by atoms with Gasteiger partial charge in [0, 0.05) is 31.7 Å². The monoisotopic (exact) mass is 374 g/mol. The van der Waals surface area contributed by atoms with Gasteiger partial charge in [-0.15, -0.1) is 0 Å². The van der Waals surface area contributed by atoms with Crippen molar-refractivity contribution in [2.75, 3.05) is 32.1 Å². The zero-order valence-electron chi connectivity index (χ0n) is 15.2. The summed E-state index contributed by atoms with van der Waals surface area (Å²) in [6, 6.07) is 0.319. The third-order valence-electron chi connectivity index (χ3n) is 4.17. The van der Waals surface area contributed by atoms with Crippen molar-refractivity contribution in [3.8, 4) is 5.75 Å². The number of methoxy groups -OCH3 is 1. The number of piperidine rings is 1. The Morgan fingerprint density at radius 3 is 2.58 bits per heavy atom. The van der Waals surface area contributed by atoms with Crippen LogP contribution in [0.5, 0.6) is 5.75 Å². The number of carbonyl (C=O) groups excluding carboxylic acids is 1. The van der Waals surface area contributed by atoms with Crippen LogP contribution < -0.4 is 15.4 Å². The van der Waals surface area contributed by atoms with Crippen LogP contribution in [0.2, 0.25) is 0 Å². The molecule has 1 saturated heterocycles. The molecule has 0 aromatic carbocycles. The van der Waals surface area contributed by atoms with E-state index >= 15 is 0 Å². The molecule has 1 aromatic heterocycles. The van der Waals surface area contributed by atoms with Gasteiger partial charge < -0.3 is 20.3 Å². The van der Waals surface area contributed by atoms with Gasteiger partial charge in [0.05, 0.1) is 13.3 Å². The highest BCUT2D eigenvalue weighted by molar-refractivity contribution is 5.90. The van der Waals surface area contributed by atoms with Crippen molar-refractivity contribution in [1.82, 2.24) is 15.2 Å². The predicted octanol–water partition coefficient (Wildman–Crippen LogP) is 3.35. The predicted molar refractivity (Wildman–Crippen MR) is 92.2 cm³/mol. The molecule has 146 valence electrons. The third kappa shape index (κ3) is 5.76. The first-order chi connectivity index (χ1) is 12.2. The van der Waals surface area contributed by atoms with Crippen molar-refractivity contribution in [3.05, 3.63) is 18.0 Å². The van der Waals surface area contributed by atoms with E-state index in [0.29, 0.717) is 5.92 Å². The minimum absolute atomic E-state index is 0.0341. The Kier molecular flexibility index (Phi) is 6.69. The quantitative estimate of drug-likeness (QED) is 0.830. The smallest absolute Gasteiger partial charge is 0.433 e. The number of alkyl halides is 3. The fourth-order valence-corrected chi connectivity index (χ4v) is 2.97. The molecule has 0 aliphatic carbocycles. The topological polar surface area (TPSA) is 66.5 Å². The van der Waals surface area contributed by atoms with Crippen molar-refractivity contribution < 1.29 is 22.7 Å². The van der Waals surface area contributed by atoms with Crippen molar-refractivity contribution in [1.29, 1.82) is 0 Å². The number of carbonyl (C=O) groups is 1. The maximum absolute atomic E-state index is 12.7. The molecule has 0 atom stereocenters. The molecule has 6 nitrogen and oxygen atoms in total. The molecule has 26 heavy (non-hydrogen) atoms. The number of hydrogen-bond donors (Lipinski definition) is 2. The zero-order chi connectivity index (χ0) is 19.3. The van der Waals surface area contributed by atoms with Crippen LogP contribution in [0.1, 0.15) is 32.4 Å². The van der Waals surface area contributed by atoms with Gasteiger partial charge in [-0.1, -0.05) is 13.8 Å². The zero-order valence-corrected chi connectivity index (χ0v) is 15.2. The number of nitrogens with zero attached hydrogens (tertiary/aromatic N) is 2. The van der Waals surface area contributed by atoms with E-state index in [0.717, 1.165) is 44.7 Å². The van der Waals surface area contributed by atoms with Crippen molar-refractivity contribution in [2.45, 2.75) is 38.9 Å². The molecule has 2 amide bonds. The van der Waals surface area contributed by atoms with Gasteiger partial charge in [0.15, 0.2) is 0 Å². The SMILES string of the molecule is COc1cc(C(F)(F)F)ncc1NC(=O)NC1CCN(CC(C)C)CC1. The van der Waals surface area contributed by atoms with Crippen LogP contribution in [-0.4, -0.2) is 48.7 Å². The molecule has 2 heterocycles. The standard InChI is InChI=1S/C17H25F3N4O2/c1-11(2)10-24-6-4-12(5-7-24)22-16(25)23-13-9-21-15(17(18,19)20)8-14(13)26-3/h8-9,11-12H,4-7,10H2,1-3H3,(H2,22,23,25). The van der Waals surface area contributed by atoms with E-state index in [-0.39, 0.29) is 17.5 Å². The van der Waals surface area contributed by atoms with Gasteiger partial charge in [-0.3, -0.25) is 0 Å². The summed E-state index contributed by atoms with van der Waals surface area (Å²) in [6.07, 6.45) is -1.95. The van der Waals surface area contributed by atoms with Gasteiger partial charge >= 0.3 is 12.2 Å². The molecule has 1 fully saturated rings. The summed E-state index contributed by atoms with van der Waals surface area (Å²) in [5.41, 5.74) is -0.979. The molecule has 1 aliphatic heterocycles. The Morgan fingerprint density at radius 1 is 1.38 bits per heavy atom. The lowest BCUT2D eigenvalue weighted by Crippen LogP contribution is -2.46. The van der Waals surface area contributed by atoms with Crippen LogP contribution in [0.25, 0.3) is 0 Å². The highest BCUT2D eigenvalue weighted by Gasteiger charge is 2.33. The second kappa shape index (κ2) is 8.57. The van der Waals surface area contributed by atoms with E-state index in [9.17, 15) is 18.0 Å². The lowest BCUT2D eigenvalue weighted by Gasteiger charge is -2.33. The lowest BCUT2D eigenvalue weighted by molar-refractivity contribution is -0.141. The third-order valence-corrected chi connectivity index (χ3v) is 4.17. The molecule has 0 spiro atoms. The van der Waals surface area contributed by atoms with E-state index < -0.39 is 17.9 Å². The Morgan fingerprint density at radius 2 is 2.04 bits per heavy atom. The summed E-state index contributed by atoms with van der Waals surface area (Å²) < 4.78 is 43.0. The van der Waals surface area contributed by atoms with Crippen LogP contribution in [0.3, 0.4) is 0 Å². The second-order valence-electron chi connectivity index (χ2n) is 6.83. The fourth-order valence-electron chi connectivity index (χ4n) is 2.97. The number of hydrogen-bond acceptors (Lipinski definition) is 4. The van der Waals surface area contributed by atoms with Crippen LogP contribution in [-0.2, 0) is 6.18 Å². The fraction of sp³-hybridized carbons (Fsp3) is 0.647. The maximum Gasteiger partial charge on any atom is 0.433 e. The highest BCUT2D eigenvalue weighted by Crippen LogP contribution is 2.33. The molecule has 0 radical (unpaired) electrons. The van der Waals surface area contributed by atoms with Crippen molar-refractivity contribution in [2.24, 2.45) is 5.92 Å². The second-order valence-corrected chi connectivity index (χ2v) is 6.83. The number of halogens is 3. The van der Waals surface area contributed by atoms with E-state index in [1.54, 1.807) is 0 Å². The summed E-state index contributed by atoms with van der Waals surface area (Å²) in [5.74, 6) is 0.511. The van der Waals surface area contributed by atoms with Gasteiger partial charge in [-0.25, -0.2) is 9.78 Å². The molecule has 0 saturated carbocycles. The first-order valence-electron chi connectivity index (χ1n) is 8.60. The molecular weight excluding hydrogens is 349 g/mol. The molecule has 2 rings (SSSR count). The van der Waals surface area contributed by atoms with Crippen LogP contribution >= 0.6 is 0 Å². The van der Waals surface area contributed by atoms with Gasteiger partial charge in [0.2, 0.25) is 0 Å². The molecule has 0 unspecified atom stereocenters.